The molecular formula is C22H29N3O2. The first-order valence-corrected chi connectivity index (χ1v) is 9.64. The van der Waals surface area contributed by atoms with Gasteiger partial charge in [0.05, 0.1) is 6.61 Å². The second-order valence-electron chi connectivity index (χ2n) is 6.93. The van der Waals surface area contributed by atoms with Gasteiger partial charge in [-0.3, -0.25) is 0 Å². The molecule has 27 heavy (non-hydrogen) atoms. The molecule has 0 radical (unpaired) electrons. The molecule has 0 aromatic heterocycles. The molecule has 0 bridgehead atoms. The van der Waals surface area contributed by atoms with E-state index in [1.165, 1.54) is 16.8 Å². The Hall–Kier alpha value is -2.69. The van der Waals surface area contributed by atoms with Crippen molar-refractivity contribution in [3.8, 4) is 5.75 Å². The number of benzene rings is 2. The van der Waals surface area contributed by atoms with E-state index in [0.29, 0.717) is 13.2 Å². The molecule has 0 aliphatic carbocycles. The number of anilines is 1. The molecule has 5 heteroatoms. The van der Waals surface area contributed by atoms with Crippen LogP contribution in [0.3, 0.4) is 0 Å². The van der Waals surface area contributed by atoms with E-state index < -0.39 is 0 Å². The van der Waals surface area contributed by atoms with Gasteiger partial charge in [0.15, 0.2) is 0 Å². The molecule has 1 aliphatic heterocycles. The average molecular weight is 367 g/mol. The fourth-order valence-corrected chi connectivity index (χ4v) is 3.39. The van der Waals surface area contributed by atoms with Crippen LogP contribution in [-0.4, -0.2) is 43.7 Å². The molecule has 144 valence electrons. The number of urea groups is 1. The van der Waals surface area contributed by atoms with Gasteiger partial charge in [-0.15, -0.1) is 0 Å². The lowest BCUT2D eigenvalue weighted by atomic mass is 10.1. The number of nitrogens with one attached hydrogen (secondary N) is 1. The van der Waals surface area contributed by atoms with Gasteiger partial charge in [-0.1, -0.05) is 24.3 Å². The lowest BCUT2D eigenvalue weighted by molar-refractivity contribution is 0.194. The zero-order chi connectivity index (χ0) is 19.2. The minimum absolute atomic E-state index is 0.00417. The lowest BCUT2D eigenvalue weighted by Crippen LogP contribution is -2.51. The average Bonchev–Trinajstić information content (AvgIpc) is 2.70. The molecule has 1 saturated heterocycles. The van der Waals surface area contributed by atoms with Crippen LogP contribution in [0.5, 0.6) is 5.75 Å². The molecule has 1 heterocycles. The topological polar surface area (TPSA) is 44.8 Å². The Kier molecular flexibility index (Phi) is 6.22. The van der Waals surface area contributed by atoms with Gasteiger partial charge in [-0.05, 0) is 55.7 Å². The first-order valence-electron chi connectivity index (χ1n) is 9.64. The van der Waals surface area contributed by atoms with Gasteiger partial charge in [0.25, 0.3) is 0 Å². The zero-order valence-corrected chi connectivity index (χ0v) is 16.5. The Morgan fingerprint density at radius 1 is 1.04 bits per heavy atom. The van der Waals surface area contributed by atoms with Gasteiger partial charge in [-0.25, -0.2) is 4.79 Å². The highest BCUT2D eigenvalue weighted by Gasteiger charge is 2.22. The lowest BCUT2D eigenvalue weighted by Gasteiger charge is -2.37. The monoisotopic (exact) mass is 367 g/mol. The Morgan fingerprint density at radius 3 is 2.41 bits per heavy atom. The summed E-state index contributed by atoms with van der Waals surface area (Å²) in [6.07, 6.45) is 0. The molecule has 0 spiro atoms. The van der Waals surface area contributed by atoms with Crippen LogP contribution in [0.25, 0.3) is 0 Å². The molecule has 0 unspecified atom stereocenters. The summed E-state index contributed by atoms with van der Waals surface area (Å²) in [5.74, 6) is 0.857. The molecule has 5 nitrogen and oxygen atoms in total. The Bertz CT molecular complexity index is 766. The maximum atomic E-state index is 12.5. The van der Waals surface area contributed by atoms with Gasteiger partial charge < -0.3 is 19.9 Å². The molecule has 2 aromatic rings. The quantitative estimate of drug-likeness (QED) is 0.876. The second kappa shape index (κ2) is 8.80. The second-order valence-corrected chi connectivity index (χ2v) is 6.93. The third-order valence-electron chi connectivity index (χ3n) is 5.16. The molecular weight excluding hydrogens is 338 g/mol. The SMILES string of the molecule is CCOc1ccc(CNC(=O)N2CCN(c3cccc(C)c3C)CC2)cc1. The van der Waals surface area contributed by atoms with Crippen molar-refractivity contribution in [3.63, 3.8) is 0 Å². The first-order chi connectivity index (χ1) is 13.1. The number of aryl methyl sites for hydroxylation is 1. The van der Waals surface area contributed by atoms with Crippen molar-refractivity contribution in [3.05, 3.63) is 59.2 Å². The summed E-state index contributed by atoms with van der Waals surface area (Å²) in [6.45, 7) is 10.7. The van der Waals surface area contributed by atoms with Crippen LogP contribution in [0.4, 0.5) is 10.5 Å². The molecule has 1 aliphatic rings. The maximum absolute atomic E-state index is 12.5. The smallest absolute Gasteiger partial charge is 0.317 e. The minimum atomic E-state index is 0.00417. The summed E-state index contributed by atoms with van der Waals surface area (Å²) in [5.41, 5.74) is 4.99. The Labute approximate surface area is 161 Å². The van der Waals surface area contributed by atoms with Gasteiger partial charge in [0.1, 0.15) is 5.75 Å². The van der Waals surface area contributed by atoms with E-state index in [1.54, 1.807) is 0 Å². The molecule has 1 N–H and O–H groups in total. The summed E-state index contributed by atoms with van der Waals surface area (Å²) in [6, 6.07) is 14.3. The van der Waals surface area contributed by atoms with Crippen LogP contribution >= 0.6 is 0 Å². The van der Waals surface area contributed by atoms with Crippen LogP contribution in [0, 0.1) is 13.8 Å². The number of hydrogen-bond acceptors (Lipinski definition) is 3. The van der Waals surface area contributed by atoms with E-state index in [9.17, 15) is 4.79 Å². The van der Waals surface area contributed by atoms with E-state index in [0.717, 1.165) is 37.5 Å². The van der Waals surface area contributed by atoms with Crippen LogP contribution in [-0.2, 0) is 6.54 Å². The largest absolute Gasteiger partial charge is 0.494 e. The van der Waals surface area contributed by atoms with E-state index in [2.05, 4.69) is 42.3 Å². The third-order valence-corrected chi connectivity index (χ3v) is 5.16. The molecule has 2 amide bonds. The Morgan fingerprint density at radius 2 is 1.74 bits per heavy atom. The van der Waals surface area contributed by atoms with Gasteiger partial charge in [0.2, 0.25) is 0 Å². The minimum Gasteiger partial charge on any atom is -0.494 e. The van der Waals surface area contributed by atoms with Crippen molar-refractivity contribution in [2.24, 2.45) is 0 Å². The van der Waals surface area contributed by atoms with Crippen molar-refractivity contribution in [1.29, 1.82) is 0 Å². The van der Waals surface area contributed by atoms with Crippen molar-refractivity contribution < 1.29 is 9.53 Å². The summed E-state index contributed by atoms with van der Waals surface area (Å²) < 4.78 is 5.44. The number of carbonyl (C=O) groups excluding carboxylic acids is 1. The molecule has 2 aromatic carbocycles. The zero-order valence-electron chi connectivity index (χ0n) is 16.5. The number of rotatable bonds is 5. The fourth-order valence-electron chi connectivity index (χ4n) is 3.39. The van der Waals surface area contributed by atoms with Crippen molar-refractivity contribution >= 4 is 11.7 Å². The fraction of sp³-hybridized carbons (Fsp3) is 0.409. The number of piperazine rings is 1. The Balaban J connectivity index is 1.49. The molecule has 1 fully saturated rings. The number of carbonyl (C=O) groups is 1. The van der Waals surface area contributed by atoms with Gasteiger partial charge in [0, 0.05) is 38.4 Å². The molecule has 3 rings (SSSR count). The summed E-state index contributed by atoms with van der Waals surface area (Å²) >= 11 is 0. The number of amides is 2. The summed E-state index contributed by atoms with van der Waals surface area (Å²) in [4.78, 5) is 16.7. The van der Waals surface area contributed by atoms with E-state index in [1.807, 2.05) is 36.1 Å². The maximum Gasteiger partial charge on any atom is 0.317 e. The van der Waals surface area contributed by atoms with E-state index in [4.69, 9.17) is 4.74 Å². The molecule has 0 atom stereocenters. The standard InChI is InChI=1S/C22H29N3O2/c1-4-27-20-10-8-19(9-11-20)16-23-22(26)25-14-12-24(13-15-25)21-7-5-6-17(2)18(21)3/h5-11H,4,12-16H2,1-3H3,(H,23,26). The summed E-state index contributed by atoms with van der Waals surface area (Å²) in [7, 11) is 0. The van der Waals surface area contributed by atoms with Gasteiger partial charge >= 0.3 is 6.03 Å². The van der Waals surface area contributed by atoms with Crippen LogP contribution in [0.1, 0.15) is 23.6 Å². The van der Waals surface area contributed by atoms with Crippen molar-refractivity contribution in [1.82, 2.24) is 10.2 Å². The highest BCUT2D eigenvalue weighted by molar-refractivity contribution is 5.74. The predicted molar refractivity (Wildman–Crippen MR) is 110 cm³/mol. The van der Waals surface area contributed by atoms with E-state index >= 15 is 0 Å². The van der Waals surface area contributed by atoms with Gasteiger partial charge in [-0.2, -0.15) is 0 Å². The third kappa shape index (κ3) is 4.73. The first kappa shape index (κ1) is 19.1. The number of hydrogen-bond donors (Lipinski definition) is 1. The molecule has 0 saturated carbocycles. The van der Waals surface area contributed by atoms with Crippen LogP contribution < -0.4 is 15.0 Å². The normalized spacial score (nSPS) is 14.2. The van der Waals surface area contributed by atoms with Crippen LogP contribution in [0.15, 0.2) is 42.5 Å². The van der Waals surface area contributed by atoms with Crippen LogP contribution in [0.2, 0.25) is 0 Å². The highest BCUT2D eigenvalue weighted by Crippen LogP contribution is 2.23. The van der Waals surface area contributed by atoms with Crippen molar-refractivity contribution in [2.45, 2.75) is 27.3 Å². The highest BCUT2D eigenvalue weighted by atomic mass is 16.5. The number of nitrogens with zero attached hydrogens (tertiary/aromatic N) is 2. The van der Waals surface area contributed by atoms with E-state index in [-0.39, 0.29) is 6.03 Å². The predicted octanol–water partition coefficient (Wildman–Crippen LogP) is 3.73. The van der Waals surface area contributed by atoms with Crippen molar-refractivity contribution in [2.75, 3.05) is 37.7 Å². The summed E-state index contributed by atoms with van der Waals surface area (Å²) in [5, 5.41) is 3.02. The number of ether oxygens (including phenoxy) is 1.